The Bertz CT molecular complexity index is 101. The summed E-state index contributed by atoms with van der Waals surface area (Å²) in [5.74, 6) is 0. The monoisotopic (exact) mass is 370 g/mol. The van der Waals surface area contributed by atoms with Crippen molar-refractivity contribution in [3.63, 3.8) is 0 Å². The van der Waals surface area contributed by atoms with E-state index in [0.29, 0.717) is 0 Å². The standard InChI is InChI=1S/C2H5.I2O2S.Na/c1-2;1-5(2,3)4;/h1H2,2H3;;/q-1;;+1. The van der Waals surface area contributed by atoms with Gasteiger partial charge < -0.3 is 6.92 Å². The molecular formula is C2H5I2NaO2S. The molecule has 0 saturated carbocycles. The quantitative estimate of drug-likeness (QED) is 0.236. The minimum absolute atomic E-state index is 0. The van der Waals surface area contributed by atoms with Gasteiger partial charge >= 0.3 is 29.6 Å². The Morgan fingerprint density at radius 2 is 1.25 bits per heavy atom. The molecule has 8 heavy (non-hydrogen) atoms. The summed E-state index contributed by atoms with van der Waals surface area (Å²) in [7, 11) is 0. The smallest absolute Gasteiger partial charge is 0.346 e. The first-order chi connectivity index (χ1) is 3.00. The second-order valence-electron chi connectivity index (χ2n) is 0.378. The molecule has 0 aliphatic heterocycles. The van der Waals surface area contributed by atoms with E-state index in [0.717, 1.165) is 0 Å². The van der Waals surface area contributed by atoms with E-state index in [-0.39, 0.29) is 29.6 Å². The minimum atomic E-state index is -2.73. The van der Waals surface area contributed by atoms with Crippen molar-refractivity contribution >= 4 is 46.6 Å². The molecule has 0 aromatic heterocycles. The summed E-state index contributed by atoms with van der Waals surface area (Å²) in [6.45, 7) is 5.00. The van der Waals surface area contributed by atoms with Gasteiger partial charge in [0.1, 0.15) is 0 Å². The number of hydrogen-bond acceptors (Lipinski definition) is 2. The van der Waals surface area contributed by atoms with E-state index in [4.69, 9.17) is 0 Å². The zero-order valence-electron chi connectivity index (χ0n) is 4.69. The van der Waals surface area contributed by atoms with Crippen molar-refractivity contribution in [3.05, 3.63) is 6.92 Å². The third kappa shape index (κ3) is 79.5. The Morgan fingerprint density at radius 3 is 1.25 bits per heavy atom. The van der Waals surface area contributed by atoms with Crippen LogP contribution in [0.2, 0.25) is 0 Å². The van der Waals surface area contributed by atoms with Crippen LogP contribution in [0.15, 0.2) is 0 Å². The Morgan fingerprint density at radius 1 is 1.25 bits per heavy atom. The summed E-state index contributed by atoms with van der Waals surface area (Å²) in [6, 6.07) is 0. The number of rotatable bonds is 0. The van der Waals surface area contributed by atoms with Crippen LogP contribution < -0.4 is 29.6 Å². The van der Waals surface area contributed by atoms with E-state index in [2.05, 4.69) is 6.92 Å². The predicted octanol–water partition coefficient (Wildman–Crippen LogP) is -1.05. The summed E-state index contributed by atoms with van der Waals surface area (Å²) < 4.78 is 16.5. The van der Waals surface area contributed by atoms with E-state index in [1.165, 1.54) is 42.4 Å². The van der Waals surface area contributed by atoms with Crippen molar-refractivity contribution in [2.24, 2.45) is 0 Å². The molecule has 0 bridgehead atoms. The first-order valence-electron chi connectivity index (χ1n) is 1.35. The van der Waals surface area contributed by atoms with Gasteiger partial charge in [-0.05, 0) is 0 Å². The fraction of sp³-hybridized carbons (Fsp3) is 0.500. The van der Waals surface area contributed by atoms with Gasteiger partial charge in [-0.3, -0.25) is 0 Å². The van der Waals surface area contributed by atoms with Gasteiger partial charge in [0.05, 0.1) is 42.4 Å². The summed E-state index contributed by atoms with van der Waals surface area (Å²) >= 11 is 2.67. The molecule has 0 radical (unpaired) electrons. The van der Waals surface area contributed by atoms with Gasteiger partial charge in [0.15, 0.2) is 0 Å². The van der Waals surface area contributed by atoms with Crippen LogP contribution in [0, 0.1) is 6.92 Å². The third-order valence-electron chi connectivity index (χ3n) is 0. The molecule has 6 heteroatoms. The van der Waals surface area contributed by atoms with Crippen LogP contribution in [0.5, 0.6) is 0 Å². The van der Waals surface area contributed by atoms with Gasteiger partial charge in [-0.15, -0.1) is 0 Å². The Balaban J connectivity index is -0.0000000750. The van der Waals surface area contributed by atoms with Crippen LogP contribution in [-0.2, 0) is 4.18 Å². The Labute approximate surface area is 96.6 Å². The molecule has 0 fully saturated rings. The second-order valence-corrected chi connectivity index (χ2v) is 13.1. The minimum Gasteiger partial charge on any atom is -0.346 e. The molecular weight excluding hydrogens is 365 g/mol. The largest absolute Gasteiger partial charge is 1.00 e. The summed E-state index contributed by atoms with van der Waals surface area (Å²) in [6.07, 6.45) is 0. The van der Waals surface area contributed by atoms with Crippen molar-refractivity contribution in [1.29, 1.82) is 0 Å². The molecule has 0 aromatic rings. The van der Waals surface area contributed by atoms with Crippen molar-refractivity contribution in [3.8, 4) is 0 Å². The predicted molar refractivity (Wildman–Crippen MR) is 48.0 cm³/mol. The number of halogens is 2. The van der Waals surface area contributed by atoms with Crippen LogP contribution in [0.3, 0.4) is 0 Å². The van der Waals surface area contributed by atoms with Crippen LogP contribution in [0.1, 0.15) is 6.92 Å². The maximum absolute atomic E-state index is 9.61. The van der Waals surface area contributed by atoms with Crippen LogP contribution >= 0.6 is 42.4 Å². The van der Waals surface area contributed by atoms with Crippen molar-refractivity contribution in [2.75, 3.05) is 0 Å². The third-order valence-corrected chi connectivity index (χ3v) is 0. The molecule has 0 atom stereocenters. The summed E-state index contributed by atoms with van der Waals surface area (Å²) in [5, 5.41) is 0. The van der Waals surface area contributed by atoms with Gasteiger partial charge in [0.2, 0.25) is 0 Å². The molecule has 0 aliphatic carbocycles. The Kier molecular flexibility index (Phi) is 19.7. The van der Waals surface area contributed by atoms with Crippen molar-refractivity contribution in [1.82, 2.24) is 0 Å². The topological polar surface area (TPSA) is 34.1 Å². The zero-order valence-corrected chi connectivity index (χ0v) is 11.8. The zero-order chi connectivity index (χ0) is 6.50. The van der Waals surface area contributed by atoms with Gasteiger partial charge in [-0.1, -0.05) is 0 Å². The molecule has 0 aliphatic rings. The molecule has 0 N–H and O–H groups in total. The first-order valence-corrected chi connectivity index (χ1v) is 7.92. The van der Waals surface area contributed by atoms with E-state index < -0.39 is 4.18 Å². The molecule has 2 nitrogen and oxygen atoms in total. The SMILES string of the molecule is O=S(=O)(I)I.[CH2-]C.[Na+]. The molecule has 0 saturated heterocycles. The molecule has 0 spiro atoms. The van der Waals surface area contributed by atoms with Crippen molar-refractivity contribution in [2.45, 2.75) is 6.92 Å². The average Bonchev–Trinajstić information content (AvgIpc) is 1.36. The van der Waals surface area contributed by atoms with E-state index in [9.17, 15) is 8.42 Å². The van der Waals surface area contributed by atoms with Gasteiger partial charge in [-0.2, -0.15) is 6.92 Å². The maximum atomic E-state index is 9.61. The van der Waals surface area contributed by atoms with Gasteiger partial charge in [0.25, 0.3) is 4.18 Å². The Hall–Kier alpha value is 2.41. The summed E-state index contributed by atoms with van der Waals surface area (Å²) in [5.41, 5.74) is 0. The van der Waals surface area contributed by atoms with Crippen molar-refractivity contribution < 1.29 is 38.0 Å². The van der Waals surface area contributed by atoms with Crippen LogP contribution in [-0.4, -0.2) is 8.42 Å². The first kappa shape index (κ1) is 16.8. The number of hydrogen-bond donors (Lipinski definition) is 0. The molecule has 0 amide bonds. The average molecular weight is 370 g/mol. The van der Waals surface area contributed by atoms with Crippen LogP contribution in [0.25, 0.3) is 0 Å². The second kappa shape index (κ2) is 9.41. The fourth-order valence-electron chi connectivity index (χ4n) is 0. The van der Waals surface area contributed by atoms with Gasteiger partial charge in [-0.25, -0.2) is 8.42 Å². The molecule has 46 valence electrons. The summed E-state index contributed by atoms with van der Waals surface area (Å²) in [4.78, 5) is 0. The normalized spacial score (nSPS) is 8.00. The van der Waals surface area contributed by atoms with Crippen LogP contribution in [0.4, 0.5) is 0 Å². The maximum Gasteiger partial charge on any atom is 1.00 e. The molecule has 0 unspecified atom stereocenters. The van der Waals surface area contributed by atoms with E-state index >= 15 is 0 Å². The van der Waals surface area contributed by atoms with Gasteiger partial charge in [0, 0.05) is 0 Å². The van der Waals surface area contributed by atoms with E-state index in [1.54, 1.807) is 6.92 Å². The molecule has 0 rings (SSSR count). The van der Waals surface area contributed by atoms with E-state index in [1.807, 2.05) is 0 Å². The molecule has 0 aromatic carbocycles. The fourth-order valence-corrected chi connectivity index (χ4v) is 0. The molecule has 0 heterocycles.